The van der Waals surface area contributed by atoms with Crippen molar-refractivity contribution in [2.75, 3.05) is 0 Å². The van der Waals surface area contributed by atoms with Gasteiger partial charge in [0, 0.05) is 12.1 Å². The maximum Gasteiger partial charge on any atom is 0.240 e. The first kappa shape index (κ1) is 16.5. The van der Waals surface area contributed by atoms with E-state index in [4.69, 9.17) is 5.73 Å². The van der Waals surface area contributed by atoms with Gasteiger partial charge in [0.15, 0.2) is 0 Å². The first-order valence-corrected chi connectivity index (χ1v) is 9.28. The highest BCUT2D eigenvalue weighted by Gasteiger charge is 2.25. The fraction of sp³-hybridized carbons (Fsp3) is 0.625. The number of rotatable bonds is 5. The molecule has 0 aliphatic heterocycles. The Hall–Kier alpha value is -0.910. The van der Waals surface area contributed by atoms with E-state index >= 15 is 0 Å². The molecule has 1 aromatic carbocycles. The molecule has 0 heterocycles. The summed E-state index contributed by atoms with van der Waals surface area (Å²) in [7, 11) is -3.45. The highest BCUT2D eigenvalue weighted by Crippen LogP contribution is 2.27. The smallest absolute Gasteiger partial charge is 0.240 e. The summed E-state index contributed by atoms with van der Waals surface area (Å²) in [6.07, 6.45) is 5.32. The molecule has 1 aliphatic carbocycles. The van der Waals surface area contributed by atoms with Crippen molar-refractivity contribution in [2.24, 2.45) is 11.7 Å². The molecular weight excluding hydrogens is 284 g/mol. The second-order valence-electron chi connectivity index (χ2n) is 6.12. The lowest BCUT2D eigenvalue weighted by molar-refractivity contribution is 0.301. The third-order valence-corrected chi connectivity index (χ3v) is 5.89. The van der Waals surface area contributed by atoms with E-state index in [0.29, 0.717) is 10.8 Å². The van der Waals surface area contributed by atoms with E-state index in [1.165, 1.54) is 6.42 Å². The van der Waals surface area contributed by atoms with Gasteiger partial charge in [0.2, 0.25) is 10.0 Å². The predicted octanol–water partition coefficient (Wildman–Crippen LogP) is 2.95. The lowest BCUT2D eigenvalue weighted by atomic mass is 9.85. The Morgan fingerprint density at radius 3 is 2.81 bits per heavy atom. The third-order valence-electron chi connectivity index (χ3n) is 4.38. The Kier molecular flexibility index (Phi) is 5.41. The highest BCUT2D eigenvalue weighted by atomic mass is 32.2. The van der Waals surface area contributed by atoms with E-state index in [0.717, 1.165) is 31.2 Å². The van der Waals surface area contributed by atoms with Crippen LogP contribution in [-0.2, 0) is 10.0 Å². The van der Waals surface area contributed by atoms with Crippen molar-refractivity contribution in [3.63, 3.8) is 0 Å². The van der Waals surface area contributed by atoms with Crippen LogP contribution < -0.4 is 10.5 Å². The number of nitrogens with two attached hydrogens (primary N) is 1. The van der Waals surface area contributed by atoms with Gasteiger partial charge in [-0.25, -0.2) is 13.1 Å². The third kappa shape index (κ3) is 4.28. The van der Waals surface area contributed by atoms with Gasteiger partial charge in [0.1, 0.15) is 0 Å². The summed E-state index contributed by atoms with van der Waals surface area (Å²) in [5, 5.41) is 0. The Morgan fingerprint density at radius 1 is 1.38 bits per heavy atom. The molecule has 1 fully saturated rings. The first-order valence-electron chi connectivity index (χ1n) is 7.80. The summed E-state index contributed by atoms with van der Waals surface area (Å²) in [5.41, 5.74) is 6.67. The lowest BCUT2D eigenvalue weighted by Crippen LogP contribution is -2.38. The minimum atomic E-state index is -3.45. The van der Waals surface area contributed by atoms with Gasteiger partial charge in [0.25, 0.3) is 0 Å². The summed E-state index contributed by atoms with van der Waals surface area (Å²) in [6, 6.07) is 6.81. The quantitative estimate of drug-likeness (QED) is 0.878. The van der Waals surface area contributed by atoms with Crippen molar-refractivity contribution in [3.8, 4) is 0 Å². The van der Waals surface area contributed by atoms with Crippen molar-refractivity contribution >= 4 is 10.0 Å². The van der Waals surface area contributed by atoms with Crippen molar-refractivity contribution in [2.45, 2.75) is 62.9 Å². The van der Waals surface area contributed by atoms with Gasteiger partial charge in [-0.05, 0) is 43.4 Å². The van der Waals surface area contributed by atoms with Gasteiger partial charge < -0.3 is 5.73 Å². The van der Waals surface area contributed by atoms with Crippen LogP contribution in [0.4, 0.5) is 0 Å². The fourth-order valence-electron chi connectivity index (χ4n) is 3.02. The molecule has 1 saturated carbocycles. The first-order chi connectivity index (χ1) is 9.92. The van der Waals surface area contributed by atoms with Crippen molar-refractivity contribution < 1.29 is 8.42 Å². The molecule has 0 spiro atoms. The zero-order valence-corrected chi connectivity index (χ0v) is 13.7. The van der Waals surface area contributed by atoms with Crippen LogP contribution in [0.5, 0.6) is 0 Å². The topological polar surface area (TPSA) is 72.2 Å². The van der Waals surface area contributed by atoms with Crippen LogP contribution in [0.3, 0.4) is 0 Å². The molecule has 118 valence electrons. The lowest BCUT2D eigenvalue weighted by Gasteiger charge is -2.28. The van der Waals surface area contributed by atoms with Crippen LogP contribution >= 0.6 is 0 Å². The van der Waals surface area contributed by atoms with Gasteiger partial charge in [-0.3, -0.25) is 0 Å². The van der Waals surface area contributed by atoms with Crippen LogP contribution in [-0.4, -0.2) is 14.5 Å². The predicted molar refractivity (Wildman–Crippen MR) is 85.4 cm³/mol. The summed E-state index contributed by atoms with van der Waals surface area (Å²) in [5.74, 6) is 0.641. The van der Waals surface area contributed by atoms with Crippen molar-refractivity contribution in [3.05, 3.63) is 29.8 Å². The highest BCUT2D eigenvalue weighted by molar-refractivity contribution is 7.89. The Labute approximate surface area is 128 Å². The molecule has 4 nitrogen and oxygen atoms in total. The molecule has 0 radical (unpaired) electrons. The largest absolute Gasteiger partial charge is 0.324 e. The monoisotopic (exact) mass is 310 g/mol. The van der Waals surface area contributed by atoms with Crippen molar-refractivity contribution in [1.29, 1.82) is 0 Å². The van der Waals surface area contributed by atoms with Crippen LogP contribution in [0.25, 0.3) is 0 Å². The Balaban J connectivity index is 2.13. The minimum Gasteiger partial charge on any atom is -0.324 e. The maximum absolute atomic E-state index is 12.5. The Morgan fingerprint density at radius 2 is 2.14 bits per heavy atom. The number of benzene rings is 1. The molecule has 5 heteroatoms. The second-order valence-corrected chi connectivity index (χ2v) is 7.83. The Bertz CT molecular complexity index is 569. The second kappa shape index (κ2) is 6.90. The summed E-state index contributed by atoms with van der Waals surface area (Å²) in [6.45, 7) is 4.03. The molecule has 0 bridgehead atoms. The zero-order chi connectivity index (χ0) is 15.5. The van der Waals surface area contributed by atoms with Gasteiger partial charge in [-0.2, -0.15) is 0 Å². The molecule has 3 N–H and O–H groups in total. The molecular formula is C16H26N2O2S. The van der Waals surface area contributed by atoms with Gasteiger partial charge in [0.05, 0.1) is 4.90 Å². The van der Waals surface area contributed by atoms with E-state index in [2.05, 4.69) is 11.6 Å². The van der Waals surface area contributed by atoms with Crippen LogP contribution in [0.2, 0.25) is 0 Å². The van der Waals surface area contributed by atoms with Gasteiger partial charge in [-0.15, -0.1) is 0 Å². The summed E-state index contributed by atoms with van der Waals surface area (Å²) >= 11 is 0. The summed E-state index contributed by atoms with van der Waals surface area (Å²) < 4.78 is 27.9. The van der Waals surface area contributed by atoms with Crippen LogP contribution in [0.15, 0.2) is 29.2 Å². The standard InChI is InChI=1S/C16H26N2O2S/c1-3-13-6-4-8-15(10-13)18-21(19,20)16-9-5-7-14(11-16)12(2)17/h5,7,9,11-13,15,18H,3-4,6,8,10,17H2,1-2H3. The van der Waals surface area contributed by atoms with Gasteiger partial charge in [-0.1, -0.05) is 38.3 Å². The van der Waals surface area contributed by atoms with E-state index in [-0.39, 0.29) is 12.1 Å². The molecule has 3 unspecified atom stereocenters. The molecule has 0 aromatic heterocycles. The van der Waals surface area contributed by atoms with Crippen LogP contribution in [0.1, 0.15) is 57.6 Å². The number of nitrogens with one attached hydrogen (secondary N) is 1. The van der Waals surface area contributed by atoms with E-state index in [1.54, 1.807) is 18.2 Å². The molecule has 2 rings (SSSR count). The van der Waals surface area contributed by atoms with Crippen molar-refractivity contribution in [1.82, 2.24) is 4.72 Å². The van der Waals surface area contributed by atoms with E-state index in [1.807, 2.05) is 13.0 Å². The molecule has 1 aromatic rings. The minimum absolute atomic E-state index is 0.0626. The normalized spacial score (nSPS) is 24.7. The molecule has 1 aliphatic rings. The molecule has 0 saturated heterocycles. The average Bonchev–Trinajstić information content (AvgIpc) is 2.47. The number of hydrogen-bond acceptors (Lipinski definition) is 3. The SMILES string of the molecule is CCC1CCCC(NS(=O)(=O)c2cccc(C(C)N)c2)C1. The average molecular weight is 310 g/mol. The summed E-state index contributed by atoms with van der Waals surface area (Å²) in [4.78, 5) is 0.316. The maximum atomic E-state index is 12.5. The fourth-order valence-corrected chi connectivity index (χ4v) is 4.36. The number of sulfonamides is 1. The molecule has 21 heavy (non-hydrogen) atoms. The zero-order valence-electron chi connectivity index (χ0n) is 12.9. The van der Waals surface area contributed by atoms with E-state index < -0.39 is 10.0 Å². The van der Waals surface area contributed by atoms with Crippen LogP contribution in [0, 0.1) is 5.92 Å². The van der Waals surface area contributed by atoms with E-state index in [9.17, 15) is 8.42 Å². The number of hydrogen-bond donors (Lipinski definition) is 2. The van der Waals surface area contributed by atoms with Gasteiger partial charge >= 0.3 is 0 Å². The molecule has 3 atom stereocenters. The molecule has 0 amide bonds.